The number of imidazole rings is 1. The molecular weight excluding hydrogens is 561 g/mol. The van der Waals surface area contributed by atoms with E-state index in [1.54, 1.807) is 0 Å². The number of aromatic nitrogens is 2. The predicted octanol–water partition coefficient (Wildman–Crippen LogP) is 4.87. The first-order chi connectivity index (χ1) is 17.6. The van der Waals surface area contributed by atoms with Gasteiger partial charge in [0.25, 0.3) is 5.91 Å². The zero-order valence-electron chi connectivity index (χ0n) is 18.9. The van der Waals surface area contributed by atoms with Crippen LogP contribution < -0.4 is 15.8 Å². The molecule has 16 heteroatoms. The molecule has 3 rings (SSSR count). The van der Waals surface area contributed by atoms with Gasteiger partial charge >= 0.3 is 12.1 Å². The SMILES string of the molecule is CC(=O)c1cc(C#N)cc(Oc2c(Cl)ccc(CNC(=O)c3[nH]c(N)nc3Cl)c2F)c1.O=C(O)C(F)(F)F. The Kier molecular flexibility index (Phi) is 9.64. The van der Waals surface area contributed by atoms with Gasteiger partial charge in [0, 0.05) is 17.7 Å². The van der Waals surface area contributed by atoms with Crippen LogP contribution in [0.15, 0.2) is 30.3 Å². The van der Waals surface area contributed by atoms with Gasteiger partial charge in [-0.25, -0.2) is 14.2 Å². The number of ketones is 1. The number of H-pyrrole nitrogens is 1. The van der Waals surface area contributed by atoms with E-state index < -0.39 is 23.9 Å². The fraction of sp³-hybridized carbons (Fsp3) is 0.136. The average molecular weight is 576 g/mol. The molecule has 0 atom stereocenters. The molecule has 0 aliphatic rings. The summed E-state index contributed by atoms with van der Waals surface area (Å²) in [4.78, 5) is 39.0. The van der Waals surface area contributed by atoms with Gasteiger partial charge in [-0.05, 0) is 31.2 Å². The van der Waals surface area contributed by atoms with Crippen molar-refractivity contribution in [1.82, 2.24) is 15.3 Å². The highest BCUT2D eigenvalue weighted by atomic mass is 35.5. The Balaban J connectivity index is 0.000000638. The van der Waals surface area contributed by atoms with Gasteiger partial charge in [-0.1, -0.05) is 29.3 Å². The molecule has 200 valence electrons. The number of aromatic amines is 1. The van der Waals surface area contributed by atoms with Crippen LogP contribution in [-0.2, 0) is 11.3 Å². The number of aliphatic carboxylic acids is 1. The summed E-state index contributed by atoms with van der Waals surface area (Å²) in [6, 6.07) is 8.79. The Morgan fingerprint density at radius 2 is 1.87 bits per heavy atom. The third-order valence-corrected chi connectivity index (χ3v) is 4.95. The number of carboxylic acid groups (broad SMARTS) is 1. The number of nitrogen functional groups attached to an aromatic ring is 1. The van der Waals surface area contributed by atoms with Gasteiger partial charge in [0.05, 0.1) is 16.7 Å². The molecule has 0 spiro atoms. The van der Waals surface area contributed by atoms with Crippen molar-refractivity contribution >= 4 is 46.8 Å². The molecule has 1 amide bonds. The number of Topliss-reactive ketones (excluding diaryl/α,β-unsaturated/α-hetero) is 1. The number of nitrogens with zero attached hydrogens (tertiary/aromatic N) is 2. The standard InChI is InChI=1S/C20H14Cl2FN5O3.C2HF3O2/c1-9(29)12-4-10(7-24)5-13(6-12)31-17-14(21)3-2-11(15(17)23)8-26-19(30)16-18(22)28-20(25)27-16;3-2(4,5)1(6)7/h2-6H,8H2,1H3,(H,26,30)(H3,25,27,28);(H,6,7). The van der Waals surface area contributed by atoms with E-state index in [9.17, 15) is 22.8 Å². The predicted molar refractivity (Wildman–Crippen MR) is 126 cm³/mol. The molecular formula is C22H15Cl2F4N5O5. The lowest BCUT2D eigenvalue weighted by Gasteiger charge is -2.13. The summed E-state index contributed by atoms with van der Waals surface area (Å²) in [5.74, 6) is -4.80. The molecule has 0 radical (unpaired) electrons. The smallest absolute Gasteiger partial charge is 0.475 e. The topological polar surface area (TPSA) is 171 Å². The third kappa shape index (κ3) is 7.82. The fourth-order valence-corrected chi connectivity index (χ4v) is 3.04. The maximum atomic E-state index is 15.0. The van der Waals surface area contributed by atoms with Gasteiger partial charge in [-0.3, -0.25) is 9.59 Å². The van der Waals surface area contributed by atoms with Crippen LogP contribution in [0, 0.1) is 17.1 Å². The number of alkyl halides is 3. The Hall–Kier alpha value is -4.35. The number of carbonyl (C=O) groups excluding carboxylic acids is 2. The van der Waals surface area contributed by atoms with Crippen molar-refractivity contribution in [2.24, 2.45) is 0 Å². The summed E-state index contributed by atoms with van der Waals surface area (Å²) < 4.78 is 52.3. The number of rotatable bonds is 6. The van der Waals surface area contributed by atoms with Crippen LogP contribution in [0.1, 0.15) is 38.9 Å². The molecule has 0 bridgehead atoms. The lowest BCUT2D eigenvalue weighted by Crippen LogP contribution is -2.24. The number of carbonyl (C=O) groups is 3. The summed E-state index contributed by atoms with van der Waals surface area (Å²) >= 11 is 11.9. The first-order valence-corrected chi connectivity index (χ1v) is 10.7. The largest absolute Gasteiger partial charge is 0.490 e. The number of ether oxygens (including phenoxy) is 1. The van der Waals surface area contributed by atoms with Crippen molar-refractivity contribution < 1.29 is 41.8 Å². The first-order valence-electron chi connectivity index (χ1n) is 9.94. The van der Waals surface area contributed by atoms with Crippen LogP contribution in [0.5, 0.6) is 11.5 Å². The number of benzene rings is 2. The quantitative estimate of drug-likeness (QED) is 0.238. The number of halogens is 6. The number of hydrogen-bond donors (Lipinski definition) is 4. The second-order valence-electron chi connectivity index (χ2n) is 7.14. The molecule has 1 aromatic heterocycles. The Morgan fingerprint density at radius 1 is 1.24 bits per heavy atom. The molecule has 2 aromatic carbocycles. The molecule has 3 aromatic rings. The lowest BCUT2D eigenvalue weighted by molar-refractivity contribution is -0.192. The summed E-state index contributed by atoms with van der Waals surface area (Å²) in [5.41, 5.74) is 5.85. The molecule has 0 unspecified atom stereocenters. The van der Waals surface area contributed by atoms with Crippen LogP contribution in [0.3, 0.4) is 0 Å². The van der Waals surface area contributed by atoms with E-state index >= 15 is 4.39 Å². The molecule has 0 aliphatic heterocycles. The Labute approximate surface area is 220 Å². The molecule has 38 heavy (non-hydrogen) atoms. The summed E-state index contributed by atoms with van der Waals surface area (Å²) in [6.07, 6.45) is -5.08. The fourth-order valence-electron chi connectivity index (χ4n) is 2.63. The summed E-state index contributed by atoms with van der Waals surface area (Å²) in [6.45, 7) is 1.11. The number of hydrogen-bond acceptors (Lipinski definition) is 7. The van der Waals surface area contributed by atoms with Gasteiger partial charge in [0.15, 0.2) is 28.5 Å². The van der Waals surface area contributed by atoms with Crippen LogP contribution in [-0.4, -0.2) is 38.9 Å². The Morgan fingerprint density at radius 3 is 2.37 bits per heavy atom. The third-order valence-electron chi connectivity index (χ3n) is 4.38. The molecule has 5 N–H and O–H groups in total. The minimum absolute atomic E-state index is 0.0342. The minimum Gasteiger partial charge on any atom is -0.475 e. The zero-order chi connectivity index (χ0) is 28.8. The average Bonchev–Trinajstić information content (AvgIpc) is 3.18. The van der Waals surface area contributed by atoms with Crippen molar-refractivity contribution in [3.63, 3.8) is 0 Å². The van der Waals surface area contributed by atoms with Crippen molar-refractivity contribution in [2.45, 2.75) is 19.6 Å². The maximum absolute atomic E-state index is 15.0. The summed E-state index contributed by atoms with van der Waals surface area (Å²) in [5, 5.41) is 18.6. The molecule has 0 aliphatic carbocycles. The van der Waals surface area contributed by atoms with Crippen LogP contribution in [0.25, 0.3) is 0 Å². The highest BCUT2D eigenvalue weighted by Gasteiger charge is 2.38. The number of amides is 1. The number of carboxylic acids is 1. The van der Waals surface area contributed by atoms with E-state index in [0.717, 1.165) is 0 Å². The van der Waals surface area contributed by atoms with Gasteiger partial charge in [0.1, 0.15) is 11.4 Å². The first kappa shape index (κ1) is 29.9. The van der Waals surface area contributed by atoms with E-state index in [-0.39, 0.29) is 62.3 Å². The van der Waals surface area contributed by atoms with E-state index in [1.165, 1.54) is 37.3 Å². The molecule has 1 heterocycles. The van der Waals surface area contributed by atoms with Gasteiger partial charge < -0.3 is 25.9 Å². The summed E-state index contributed by atoms with van der Waals surface area (Å²) in [7, 11) is 0. The van der Waals surface area contributed by atoms with Crippen molar-refractivity contribution in [2.75, 3.05) is 5.73 Å². The minimum atomic E-state index is -5.08. The van der Waals surface area contributed by atoms with E-state index in [1.807, 2.05) is 6.07 Å². The van der Waals surface area contributed by atoms with Gasteiger partial charge in [0.2, 0.25) is 0 Å². The van der Waals surface area contributed by atoms with E-state index in [0.29, 0.717) is 0 Å². The second-order valence-corrected chi connectivity index (χ2v) is 7.90. The van der Waals surface area contributed by atoms with Crippen molar-refractivity contribution in [1.29, 1.82) is 5.26 Å². The van der Waals surface area contributed by atoms with Crippen LogP contribution in [0.2, 0.25) is 10.2 Å². The number of nitriles is 1. The van der Waals surface area contributed by atoms with E-state index in [4.69, 9.17) is 48.8 Å². The van der Waals surface area contributed by atoms with Gasteiger partial charge in [-0.2, -0.15) is 18.4 Å². The number of anilines is 1. The maximum Gasteiger partial charge on any atom is 0.490 e. The van der Waals surface area contributed by atoms with Crippen LogP contribution >= 0.6 is 23.2 Å². The molecule has 10 nitrogen and oxygen atoms in total. The monoisotopic (exact) mass is 575 g/mol. The van der Waals surface area contributed by atoms with Crippen molar-refractivity contribution in [3.8, 4) is 17.6 Å². The number of nitrogens with one attached hydrogen (secondary N) is 2. The Bertz CT molecular complexity index is 1440. The lowest BCUT2D eigenvalue weighted by atomic mass is 10.1. The zero-order valence-corrected chi connectivity index (χ0v) is 20.4. The molecule has 0 saturated heterocycles. The van der Waals surface area contributed by atoms with Crippen LogP contribution in [0.4, 0.5) is 23.5 Å². The highest BCUT2D eigenvalue weighted by molar-refractivity contribution is 6.32. The molecule has 0 saturated carbocycles. The van der Waals surface area contributed by atoms with Crippen molar-refractivity contribution in [3.05, 3.63) is 68.7 Å². The molecule has 0 fully saturated rings. The normalized spacial score (nSPS) is 10.6. The van der Waals surface area contributed by atoms with E-state index in [2.05, 4.69) is 15.3 Å². The number of nitrogens with two attached hydrogens (primary N) is 1. The second kappa shape index (κ2) is 12.3. The van der Waals surface area contributed by atoms with Gasteiger partial charge in [-0.15, -0.1) is 0 Å². The highest BCUT2D eigenvalue weighted by Crippen LogP contribution is 2.35.